The van der Waals surface area contributed by atoms with Crippen molar-refractivity contribution in [1.29, 1.82) is 0 Å². The van der Waals surface area contributed by atoms with Crippen LogP contribution in [0.1, 0.15) is 19.8 Å². The van der Waals surface area contributed by atoms with Crippen molar-refractivity contribution < 1.29 is 17.9 Å². The van der Waals surface area contributed by atoms with Crippen LogP contribution < -0.4 is 15.8 Å². The summed E-state index contributed by atoms with van der Waals surface area (Å²) in [6, 6.07) is 2.71. The lowest BCUT2D eigenvalue weighted by molar-refractivity contribution is -0.274. The van der Waals surface area contributed by atoms with Crippen molar-refractivity contribution in [2.45, 2.75) is 32.2 Å². The summed E-state index contributed by atoms with van der Waals surface area (Å²) in [5, 5.41) is 3.05. The summed E-state index contributed by atoms with van der Waals surface area (Å²) < 4.78 is 39.5. The fraction of sp³-hybridized carbons (Fsp3) is 0.545. The van der Waals surface area contributed by atoms with Gasteiger partial charge in [-0.2, -0.15) is 0 Å². The van der Waals surface area contributed by atoms with Crippen LogP contribution in [0.25, 0.3) is 0 Å². The van der Waals surface area contributed by atoms with Crippen LogP contribution in [0, 0.1) is 0 Å². The minimum Gasteiger partial charge on any atom is -0.404 e. The zero-order valence-corrected chi connectivity index (χ0v) is 10.00. The summed E-state index contributed by atoms with van der Waals surface area (Å²) in [6.45, 7) is 2.47. The Balaban J connectivity index is 2.59. The summed E-state index contributed by atoms with van der Waals surface area (Å²) in [4.78, 5) is 3.84. The predicted molar refractivity (Wildman–Crippen MR) is 62.3 cm³/mol. The topological polar surface area (TPSA) is 60.2 Å². The van der Waals surface area contributed by atoms with Crippen LogP contribution in [-0.2, 0) is 0 Å². The number of aromatic nitrogens is 1. The standard InChI is InChI=1S/C11H16F3N3O/c1-2-3-8(6-15)17-10-5-4-9(7-16-10)18-11(12,13)14/h4-5,7-8H,2-3,6,15H2,1H3,(H,16,17). The van der Waals surface area contributed by atoms with E-state index >= 15 is 0 Å². The number of pyridine rings is 1. The quantitative estimate of drug-likeness (QED) is 0.828. The first-order chi connectivity index (χ1) is 8.44. The van der Waals surface area contributed by atoms with Gasteiger partial charge in [0.25, 0.3) is 0 Å². The first-order valence-electron chi connectivity index (χ1n) is 5.63. The van der Waals surface area contributed by atoms with Crippen molar-refractivity contribution in [3.05, 3.63) is 18.3 Å². The molecule has 18 heavy (non-hydrogen) atoms. The molecule has 0 bridgehead atoms. The van der Waals surface area contributed by atoms with Crippen molar-refractivity contribution in [3.63, 3.8) is 0 Å². The van der Waals surface area contributed by atoms with Crippen molar-refractivity contribution in [2.24, 2.45) is 5.73 Å². The van der Waals surface area contributed by atoms with E-state index in [4.69, 9.17) is 5.73 Å². The zero-order chi connectivity index (χ0) is 13.6. The molecule has 0 radical (unpaired) electrons. The van der Waals surface area contributed by atoms with Gasteiger partial charge < -0.3 is 15.8 Å². The van der Waals surface area contributed by atoms with Gasteiger partial charge in [-0.3, -0.25) is 0 Å². The maximum Gasteiger partial charge on any atom is 0.573 e. The second-order valence-electron chi connectivity index (χ2n) is 3.79. The third-order valence-electron chi connectivity index (χ3n) is 2.24. The molecule has 0 saturated carbocycles. The Bertz CT molecular complexity index is 354. The van der Waals surface area contributed by atoms with E-state index in [1.807, 2.05) is 6.92 Å². The van der Waals surface area contributed by atoms with Crippen LogP contribution in [0.2, 0.25) is 0 Å². The molecule has 1 rings (SSSR count). The Morgan fingerprint density at radius 3 is 2.61 bits per heavy atom. The predicted octanol–water partition coefficient (Wildman–Crippen LogP) is 2.52. The summed E-state index contributed by atoms with van der Waals surface area (Å²) >= 11 is 0. The molecule has 0 aliphatic rings. The van der Waals surface area contributed by atoms with E-state index in [2.05, 4.69) is 15.0 Å². The highest BCUT2D eigenvalue weighted by atomic mass is 19.4. The van der Waals surface area contributed by atoms with Gasteiger partial charge in [-0.25, -0.2) is 4.98 Å². The SMILES string of the molecule is CCCC(CN)Nc1ccc(OC(F)(F)F)cn1. The van der Waals surface area contributed by atoms with Crippen LogP contribution in [0.3, 0.4) is 0 Å². The molecule has 0 fully saturated rings. The molecule has 0 aliphatic carbocycles. The molecule has 0 aromatic carbocycles. The molecule has 1 aromatic heterocycles. The molecule has 7 heteroatoms. The first-order valence-corrected chi connectivity index (χ1v) is 5.63. The average Bonchev–Trinajstić information content (AvgIpc) is 2.29. The van der Waals surface area contributed by atoms with E-state index in [0.717, 1.165) is 19.0 Å². The van der Waals surface area contributed by atoms with E-state index in [1.165, 1.54) is 12.1 Å². The van der Waals surface area contributed by atoms with Gasteiger partial charge in [-0.15, -0.1) is 13.2 Å². The Morgan fingerprint density at radius 2 is 2.17 bits per heavy atom. The van der Waals surface area contributed by atoms with Crippen LogP contribution in [0.15, 0.2) is 18.3 Å². The molecule has 3 N–H and O–H groups in total. The van der Waals surface area contributed by atoms with Gasteiger partial charge in [0.05, 0.1) is 6.20 Å². The molecular weight excluding hydrogens is 247 g/mol. The molecule has 0 aliphatic heterocycles. The smallest absolute Gasteiger partial charge is 0.404 e. The zero-order valence-electron chi connectivity index (χ0n) is 10.00. The number of alkyl halides is 3. The van der Waals surface area contributed by atoms with Crippen LogP contribution in [0.5, 0.6) is 5.75 Å². The van der Waals surface area contributed by atoms with E-state index < -0.39 is 6.36 Å². The molecule has 0 amide bonds. The minimum absolute atomic E-state index is 0.0666. The normalized spacial score (nSPS) is 13.2. The van der Waals surface area contributed by atoms with Gasteiger partial charge in [-0.1, -0.05) is 13.3 Å². The number of rotatable bonds is 6. The van der Waals surface area contributed by atoms with Gasteiger partial charge in [0.2, 0.25) is 0 Å². The third kappa shape index (κ3) is 5.22. The van der Waals surface area contributed by atoms with Crippen molar-refractivity contribution >= 4 is 5.82 Å². The number of hydrogen-bond donors (Lipinski definition) is 2. The molecule has 1 aromatic rings. The van der Waals surface area contributed by atoms with E-state index in [-0.39, 0.29) is 11.8 Å². The van der Waals surface area contributed by atoms with Gasteiger partial charge >= 0.3 is 6.36 Å². The Labute approximate surface area is 103 Å². The molecule has 1 heterocycles. The maximum absolute atomic E-state index is 11.9. The highest BCUT2D eigenvalue weighted by Crippen LogP contribution is 2.22. The number of anilines is 1. The number of ether oxygens (including phenoxy) is 1. The monoisotopic (exact) mass is 263 g/mol. The lowest BCUT2D eigenvalue weighted by Crippen LogP contribution is -2.28. The number of nitrogens with one attached hydrogen (secondary N) is 1. The number of halogens is 3. The van der Waals surface area contributed by atoms with Gasteiger partial charge in [0.1, 0.15) is 11.6 Å². The third-order valence-corrected chi connectivity index (χ3v) is 2.24. The van der Waals surface area contributed by atoms with Crippen LogP contribution in [0.4, 0.5) is 19.0 Å². The van der Waals surface area contributed by atoms with Crippen molar-refractivity contribution in [3.8, 4) is 5.75 Å². The van der Waals surface area contributed by atoms with E-state index in [0.29, 0.717) is 12.4 Å². The number of nitrogens with zero attached hydrogens (tertiary/aromatic N) is 1. The Kier molecular flexibility index (Phi) is 5.21. The maximum atomic E-state index is 11.9. The molecule has 1 unspecified atom stereocenters. The largest absolute Gasteiger partial charge is 0.573 e. The lowest BCUT2D eigenvalue weighted by Gasteiger charge is -2.16. The molecular formula is C11H16F3N3O. The summed E-state index contributed by atoms with van der Waals surface area (Å²) in [7, 11) is 0. The lowest BCUT2D eigenvalue weighted by atomic mass is 10.1. The second kappa shape index (κ2) is 6.44. The summed E-state index contributed by atoms with van der Waals surface area (Å²) in [5.74, 6) is 0.140. The summed E-state index contributed by atoms with van der Waals surface area (Å²) in [6.07, 6.45) is -1.84. The fourth-order valence-electron chi connectivity index (χ4n) is 1.47. The molecule has 1 atom stereocenters. The van der Waals surface area contributed by atoms with E-state index in [9.17, 15) is 13.2 Å². The van der Waals surface area contributed by atoms with Gasteiger partial charge in [0, 0.05) is 12.6 Å². The second-order valence-corrected chi connectivity index (χ2v) is 3.79. The first kappa shape index (κ1) is 14.6. The fourth-order valence-corrected chi connectivity index (χ4v) is 1.47. The highest BCUT2D eigenvalue weighted by Gasteiger charge is 2.31. The molecule has 0 spiro atoms. The van der Waals surface area contributed by atoms with Gasteiger partial charge in [-0.05, 0) is 18.6 Å². The van der Waals surface area contributed by atoms with E-state index in [1.54, 1.807) is 0 Å². The van der Waals surface area contributed by atoms with Crippen molar-refractivity contribution in [2.75, 3.05) is 11.9 Å². The number of nitrogens with two attached hydrogens (primary N) is 1. The Hall–Kier alpha value is -1.50. The average molecular weight is 263 g/mol. The van der Waals surface area contributed by atoms with Crippen molar-refractivity contribution in [1.82, 2.24) is 4.98 Å². The highest BCUT2D eigenvalue weighted by molar-refractivity contribution is 5.38. The molecule has 0 saturated heterocycles. The minimum atomic E-state index is -4.70. The molecule has 4 nitrogen and oxygen atoms in total. The van der Waals surface area contributed by atoms with Crippen LogP contribution in [-0.4, -0.2) is 23.9 Å². The van der Waals surface area contributed by atoms with Crippen LogP contribution >= 0.6 is 0 Å². The summed E-state index contributed by atoms with van der Waals surface area (Å²) in [5.41, 5.74) is 5.56. The number of hydrogen-bond acceptors (Lipinski definition) is 4. The van der Waals surface area contributed by atoms with Gasteiger partial charge in [0.15, 0.2) is 0 Å². The molecule has 102 valence electrons. The Morgan fingerprint density at radius 1 is 1.44 bits per heavy atom.